The maximum atomic E-state index is 12.9. The highest BCUT2D eigenvalue weighted by atomic mass is 32.2. The van der Waals surface area contributed by atoms with E-state index in [0.717, 1.165) is 63.5 Å². The van der Waals surface area contributed by atoms with Gasteiger partial charge in [0.25, 0.3) is 10.1 Å². The largest absolute Gasteiger partial charge is 0.462 e. The lowest BCUT2D eigenvalue weighted by molar-refractivity contribution is 0.0450. The minimum Gasteiger partial charge on any atom is -0.462 e. The molecule has 1 rings (SSSR count). The summed E-state index contributed by atoms with van der Waals surface area (Å²) in [5, 5.41) is 0. The van der Waals surface area contributed by atoms with Gasteiger partial charge in [0, 0.05) is 0 Å². The van der Waals surface area contributed by atoms with E-state index in [0.29, 0.717) is 12.8 Å². The molecule has 7 nitrogen and oxygen atoms in total. The van der Waals surface area contributed by atoms with Gasteiger partial charge in [-0.2, -0.15) is 8.42 Å². The first-order chi connectivity index (χ1) is 24.3. The van der Waals surface area contributed by atoms with Crippen LogP contribution < -0.4 is 0 Å². The third kappa shape index (κ3) is 24.7. The summed E-state index contributed by atoms with van der Waals surface area (Å²) in [6.07, 6.45) is 39.4. The summed E-state index contributed by atoms with van der Waals surface area (Å²) < 4.78 is 43.8. The highest BCUT2D eigenvalue weighted by Gasteiger charge is 2.23. The van der Waals surface area contributed by atoms with Gasteiger partial charge in [0.2, 0.25) is 0 Å². The van der Waals surface area contributed by atoms with Gasteiger partial charge in [-0.25, -0.2) is 9.59 Å². The lowest BCUT2D eigenvalue weighted by atomic mass is 10.1. The van der Waals surface area contributed by atoms with Crippen molar-refractivity contribution in [2.75, 3.05) is 13.2 Å². The number of unbranched alkanes of at least 4 members (excludes halogenated alkanes) is 22. The van der Waals surface area contributed by atoms with E-state index in [9.17, 15) is 22.6 Å². The molecule has 0 unspecified atom stereocenters. The fraction of sp³-hybridized carbons (Fsp3) is 0.714. The Kier molecular flexibility index (Phi) is 28.5. The number of rotatable bonds is 33. The number of carbonyl (C=O) groups is 2. The van der Waals surface area contributed by atoms with Gasteiger partial charge in [-0.1, -0.05) is 141 Å². The zero-order chi connectivity index (χ0) is 36.5. The Morgan fingerprint density at radius 2 is 0.860 bits per heavy atom. The average Bonchev–Trinajstić information content (AvgIpc) is 3.10. The van der Waals surface area contributed by atoms with E-state index < -0.39 is 27.0 Å². The summed E-state index contributed by atoms with van der Waals surface area (Å²) in [5.74, 6) is -1.51. The van der Waals surface area contributed by atoms with Gasteiger partial charge in [0.1, 0.15) is 0 Å². The first kappa shape index (κ1) is 45.6. The van der Waals surface area contributed by atoms with E-state index in [4.69, 9.17) is 9.47 Å². The van der Waals surface area contributed by atoms with E-state index in [1.54, 1.807) is 0 Å². The van der Waals surface area contributed by atoms with Gasteiger partial charge >= 0.3 is 11.9 Å². The topological polar surface area (TPSA) is 107 Å². The van der Waals surface area contributed by atoms with Gasteiger partial charge in [-0.05, 0) is 82.4 Å². The van der Waals surface area contributed by atoms with E-state index in [1.807, 2.05) is 0 Å². The first-order valence-electron chi connectivity index (χ1n) is 20.1. The van der Waals surface area contributed by atoms with Crippen molar-refractivity contribution in [3.63, 3.8) is 0 Å². The Labute approximate surface area is 305 Å². The lowest BCUT2D eigenvalue weighted by Crippen LogP contribution is -2.16. The summed E-state index contributed by atoms with van der Waals surface area (Å²) >= 11 is 0. The number of benzene rings is 1. The van der Waals surface area contributed by atoms with Crippen molar-refractivity contribution in [2.45, 2.75) is 186 Å². The number of allylic oxidation sites excluding steroid dienone is 4. The molecule has 8 heteroatoms. The van der Waals surface area contributed by atoms with Crippen molar-refractivity contribution in [1.82, 2.24) is 0 Å². The van der Waals surface area contributed by atoms with Crippen LogP contribution in [0.25, 0.3) is 0 Å². The fourth-order valence-corrected chi connectivity index (χ4v) is 6.37. The fourth-order valence-electron chi connectivity index (χ4n) is 5.86. The minimum absolute atomic E-state index is 0.0676. The van der Waals surface area contributed by atoms with Crippen molar-refractivity contribution >= 4 is 22.1 Å². The second-order valence-corrected chi connectivity index (χ2v) is 15.0. The number of hydrogen-bond acceptors (Lipinski definition) is 6. The number of esters is 2. The van der Waals surface area contributed by atoms with Crippen LogP contribution in [-0.2, 0) is 19.6 Å². The van der Waals surface area contributed by atoms with Crippen molar-refractivity contribution in [3.8, 4) is 0 Å². The van der Waals surface area contributed by atoms with Crippen LogP contribution in [0, 0.1) is 0 Å². The maximum absolute atomic E-state index is 12.9. The van der Waals surface area contributed by atoms with Crippen LogP contribution in [0.1, 0.15) is 202 Å². The van der Waals surface area contributed by atoms with Crippen molar-refractivity contribution in [3.05, 3.63) is 53.6 Å². The first-order valence-corrected chi connectivity index (χ1v) is 21.5. The average molecular weight is 719 g/mol. The Morgan fingerprint density at radius 3 is 1.24 bits per heavy atom. The Bertz CT molecular complexity index is 1170. The molecule has 1 aromatic rings. The summed E-state index contributed by atoms with van der Waals surface area (Å²) in [5.41, 5.74) is -0.286. The molecule has 1 N–H and O–H groups in total. The van der Waals surface area contributed by atoms with Crippen LogP contribution in [0.2, 0.25) is 0 Å². The second kappa shape index (κ2) is 31.3. The molecule has 0 aromatic heterocycles. The van der Waals surface area contributed by atoms with Crippen LogP contribution in [0.3, 0.4) is 0 Å². The molecular formula is C42H70O7S. The zero-order valence-corrected chi connectivity index (χ0v) is 32.5. The third-order valence-electron chi connectivity index (χ3n) is 9.01. The van der Waals surface area contributed by atoms with Gasteiger partial charge in [-0.3, -0.25) is 4.55 Å². The molecule has 0 spiro atoms. The van der Waals surface area contributed by atoms with Crippen LogP contribution in [0.4, 0.5) is 0 Å². The Morgan fingerprint density at radius 1 is 0.520 bits per heavy atom. The van der Waals surface area contributed by atoms with E-state index in [1.165, 1.54) is 109 Å². The Balaban J connectivity index is 2.29. The summed E-state index contributed by atoms with van der Waals surface area (Å²) in [7, 11) is -4.57. The maximum Gasteiger partial charge on any atom is 0.339 e. The van der Waals surface area contributed by atoms with Crippen LogP contribution >= 0.6 is 0 Å². The predicted molar refractivity (Wildman–Crippen MR) is 206 cm³/mol. The summed E-state index contributed by atoms with van der Waals surface area (Å²) in [6.45, 7) is 4.86. The predicted octanol–water partition coefficient (Wildman–Crippen LogP) is 12.5. The van der Waals surface area contributed by atoms with Crippen LogP contribution in [0.5, 0.6) is 0 Å². The minimum atomic E-state index is -4.57. The van der Waals surface area contributed by atoms with Crippen molar-refractivity contribution in [1.29, 1.82) is 0 Å². The summed E-state index contributed by atoms with van der Waals surface area (Å²) in [6, 6.07) is 3.28. The molecule has 0 aliphatic rings. The molecule has 1 aromatic carbocycles. The molecule has 0 aliphatic heterocycles. The third-order valence-corrected chi connectivity index (χ3v) is 9.86. The van der Waals surface area contributed by atoms with Gasteiger partial charge in [-0.15, -0.1) is 0 Å². The van der Waals surface area contributed by atoms with E-state index >= 15 is 0 Å². The van der Waals surface area contributed by atoms with Crippen LogP contribution in [0.15, 0.2) is 47.4 Å². The van der Waals surface area contributed by atoms with E-state index in [-0.39, 0.29) is 24.3 Å². The molecule has 0 saturated heterocycles. The monoisotopic (exact) mass is 718 g/mol. The molecule has 0 amide bonds. The van der Waals surface area contributed by atoms with E-state index in [2.05, 4.69) is 38.2 Å². The van der Waals surface area contributed by atoms with Crippen LogP contribution in [-0.4, -0.2) is 38.1 Å². The molecule has 0 atom stereocenters. The van der Waals surface area contributed by atoms with Crippen molar-refractivity contribution < 1.29 is 32.0 Å². The van der Waals surface area contributed by atoms with Gasteiger partial charge in [0.05, 0.1) is 29.2 Å². The number of carbonyl (C=O) groups excluding carboxylic acids is 2. The molecule has 0 aliphatic carbocycles. The molecule has 0 bridgehead atoms. The number of hydrogen-bond donors (Lipinski definition) is 1. The number of ether oxygens (including phenoxy) is 2. The zero-order valence-electron chi connectivity index (χ0n) is 31.6. The van der Waals surface area contributed by atoms with Crippen molar-refractivity contribution in [2.24, 2.45) is 0 Å². The molecule has 0 heterocycles. The normalized spacial score (nSPS) is 11.9. The van der Waals surface area contributed by atoms with Gasteiger partial charge < -0.3 is 9.47 Å². The highest BCUT2D eigenvalue weighted by Crippen LogP contribution is 2.20. The molecule has 286 valence electrons. The quantitative estimate of drug-likeness (QED) is 0.0333. The summed E-state index contributed by atoms with van der Waals surface area (Å²) in [4.78, 5) is 25.3. The SMILES string of the molecule is CCCCCCC/C=C/CCCCCCCCOC(=O)c1ccc(S(=O)(=O)O)cc1C(=O)OCCCCCCCC/C=C/CCCCCCC. The molecular weight excluding hydrogens is 649 g/mol. The molecule has 0 fully saturated rings. The smallest absolute Gasteiger partial charge is 0.339 e. The lowest BCUT2D eigenvalue weighted by Gasteiger charge is -2.11. The standard InChI is InChI=1S/C42H70O7S/c1-3-5-7-9-11-13-15-17-19-21-23-25-27-29-31-35-48-41(43)39-34-33-38(50(45,46)47)37-40(39)42(44)49-36-32-30-28-26-24-22-20-18-16-14-12-10-8-6-4-2/h15-18,33-34,37H,3-14,19-32,35-36H2,1-2H3,(H,45,46,47)/b17-15+,18-16+. The molecule has 0 saturated carbocycles. The Hall–Kier alpha value is -2.45. The molecule has 50 heavy (non-hydrogen) atoms. The van der Waals surface area contributed by atoms with Gasteiger partial charge in [0.15, 0.2) is 0 Å². The highest BCUT2D eigenvalue weighted by molar-refractivity contribution is 7.85. The second-order valence-electron chi connectivity index (χ2n) is 13.6. The molecule has 0 radical (unpaired) electrons.